The van der Waals surface area contributed by atoms with E-state index in [2.05, 4.69) is 0 Å². The number of rotatable bonds is 9. The van der Waals surface area contributed by atoms with Crippen molar-refractivity contribution < 1.29 is 27.2 Å². The Morgan fingerprint density at radius 2 is 1.91 bits per heavy atom. The summed E-state index contributed by atoms with van der Waals surface area (Å²) < 4.78 is 49.4. The summed E-state index contributed by atoms with van der Waals surface area (Å²) in [6.45, 7) is 4.05. The Hall–Kier alpha value is -0.910. The summed E-state index contributed by atoms with van der Waals surface area (Å²) in [7, 11) is -4.67. The number of halogens is 2. The van der Waals surface area contributed by atoms with Crippen molar-refractivity contribution in [3.63, 3.8) is 0 Å². The second-order valence-corrected chi connectivity index (χ2v) is 8.77. The maximum absolute atomic E-state index is 13.6. The van der Waals surface area contributed by atoms with Gasteiger partial charge in [-0.1, -0.05) is 43.8 Å². The largest absolute Gasteiger partial charge is 0.448 e. The van der Waals surface area contributed by atoms with E-state index in [-0.39, 0.29) is 29.1 Å². The van der Waals surface area contributed by atoms with E-state index in [1.54, 1.807) is 18.2 Å². The normalized spacial score (nSPS) is 14.5. The molecule has 0 N–H and O–H groups in total. The summed E-state index contributed by atoms with van der Waals surface area (Å²) in [4.78, 5) is 11.5. The Kier molecular flexibility index (Phi) is 7.71. The average molecular weight is 366 g/mol. The van der Waals surface area contributed by atoms with Crippen molar-refractivity contribution >= 4 is 24.5 Å². The lowest BCUT2D eigenvalue weighted by Crippen LogP contribution is -2.18. The molecule has 0 radical (unpaired) electrons. The highest BCUT2D eigenvalue weighted by Crippen LogP contribution is 2.61. The molecule has 0 saturated heterocycles. The molecule has 4 nitrogen and oxygen atoms in total. The van der Waals surface area contributed by atoms with Gasteiger partial charge in [0.15, 0.2) is 5.12 Å². The third-order valence-electron chi connectivity index (χ3n) is 2.63. The summed E-state index contributed by atoms with van der Waals surface area (Å²) in [5, 5.41) is -0.0503. The molecule has 1 aromatic carbocycles. The van der Waals surface area contributed by atoms with Crippen LogP contribution in [-0.4, -0.2) is 23.1 Å². The molecule has 0 aliphatic rings. The van der Waals surface area contributed by atoms with Crippen molar-refractivity contribution in [2.75, 3.05) is 12.4 Å². The predicted octanol–water partition coefficient (Wildman–Crippen LogP) is 5.19. The van der Waals surface area contributed by atoms with E-state index in [9.17, 15) is 18.1 Å². The highest BCUT2D eigenvalue weighted by atomic mass is 32.2. The average Bonchev–Trinajstić information content (AvgIpc) is 2.43. The van der Waals surface area contributed by atoms with Crippen molar-refractivity contribution in [3.05, 3.63) is 30.3 Å². The molecule has 0 spiro atoms. The Morgan fingerprint density at radius 3 is 2.43 bits per heavy atom. The van der Waals surface area contributed by atoms with Gasteiger partial charge in [0, 0.05) is 19.1 Å². The van der Waals surface area contributed by atoms with Crippen molar-refractivity contribution in [2.24, 2.45) is 5.92 Å². The number of carbonyl (C=O) groups is 1. The van der Waals surface area contributed by atoms with Crippen LogP contribution in [0.1, 0.15) is 27.2 Å². The molecular formula is C15H21F2O4PS. The first-order valence-corrected chi connectivity index (χ1v) is 9.69. The molecule has 0 saturated carbocycles. The van der Waals surface area contributed by atoms with Crippen LogP contribution in [-0.2, 0) is 13.9 Å². The van der Waals surface area contributed by atoms with Gasteiger partial charge in [0.2, 0.25) is 0 Å². The van der Waals surface area contributed by atoms with Gasteiger partial charge in [0.05, 0.1) is 6.61 Å². The van der Waals surface area contributed by atoms with Gasteiger partial charge in [-0.05, 0) is 18.1 Å². The molecule has 0 fully saturated rings. The van der Waals surface area contributed by atoms with Crippen LogP contribution in [0.5, 0.6) is 5.75 Å². The summed E-state index contributed by atoms with van der Waals surface area (Å²) in [5.41, 5.74) is -3.64. The first-order chi connectivity index (χ1) is 10.6. The van der Waals surface area contributed by atoms with Gasteiger partial charge < -0.3 is 4.52 Å². The first-order valence-electron chi connectivity index (χ1n) is 7.17. The number of carbonyl (C=O) groups excluding carboxylic acids is 1. The minimum Gasteiger partial charge on any atom is -0.421 e. The number of thioether (sulfide) groups is 1. The first kappa shape index (κ1) is 20.1. The molecule has 1 atom stereocenters. The lowest BCUT2D eigenvalue weighted by atomic mass is 10.2. The van der Waals surface area contributed by atoms with Crippen LogP contribution in [0, 0.1) is 5.92 Å². The molecule has 0 heterocycles. The minimum atomic E-state index is -4.67. The number of para-hydroxylation sites is 1. The molecule has 1 aromatic rings. The van der Waals surface area contributed by atoms with E-state index in [1.165, 1.54) is 12.1 Å². The van der Waals surface area contributed by atoms with Crippen LogP contribution in [0.25, 0.3) is 0 Å². The zero-order valence-electron chi connectivity index (χ0n) is 13.3. The van der Waals surface area contributed by atoms with Crippen molar-refractivity contribution in [1.29, 1.82) is 0 Å². The Bertz CT molecular complexity index is 546. The molecule has 23 heavy (non-hydrogen) atoms. The van der Waals surface area contributed by atoms with Gasteiger partial charge in [0.1, 0.15) is 5.75 Å². The smallest absolute Gasteiger partial charge is 0.421 e. The zero-order valence-corrected chi connectivity index (χ0v) is 15.0. The molecule has 130 valence electrons. The van der Waals surface area contributed by atoms with Gasteiger partial charge in [0.25, 0.3) is 0 Å². The van der Waals surface area contributed by atoms with Gasteiger partial charge in [-0.3, -0.25) is 9.32 Å². The monoisotopic (exact) mass is 366 g/mol. The molecule has 0 amide bonds. The van der Waals surface area contributed by atoms with Crippen molar-refractivity contribution in [2.45, 2.75) is 32.9 Å². The van der Waals surface area contributed by atoms with Crippen LogP contribution >= 0.6 is 19.4 Å². The molecule has 0 aliphatic heterocycles. The fourth-order valence-corrected chi connectivity index (χ4v) is 3.68. The van der Waals surface area contributed by atoms with E-state index in [1.807, 2.05) is 13.8 Å². The SMILES string of the molecule is CC(C)CC(=O)SCCOP(=O)(Oc1ccccc1)C(C)(F)F. The Balaban J connectivity index is 2.59. The maximum Gasteiger partial charge on any atom is 0.448 e. The molecule has 8 heteroatoms. The lowest BCUT2D eigenvalue weighted by Gasteiger charge is -2.24. The van der Waals surface area contributed by atoms with E-state index >= 15 is 0 Å². The molecule has 1 unspecified atom stereocenters. The second kappa shape index (κ2) is 8.81. The van der Waals surface area contributed by atoms with E-state index in [4.69, 9.17) is 9.05 Å². The van der Waals surface area contributed by atoms with Gasteiger partial charge in [-0.15, -0.1) is 0 Å². The van der Waals surface area contributed by atoms with Crippen LogP contribution in [0.4, 0.5) is 8.78 Å². The quantitative estimate of drug-likeness (QED) is 0.444. The fourth-order valence-electron chi connectivity index (χ4n) is 1.55. The summed E-state index contributed by atoms with van der Waals surface area (Å²) >= 11 is 0.977. The topological polar surface area (TPSA) is 52.6 Å². The van der Waals surface area contributed by atoms with Crippen LogP contribution in [0.2, 0.25) is 0 Å². The summed E-state index contributed by atoms with van der Waals surface area (Å²) in [6.07, 6.45) is 0.396. The van der Waals surface area contributed by atoms with E-state index in [0.717, 1.165) is 11.8 Å². The van der Waals surface area contributed by atoms with Gasteiger partial charge in [-0.2, -0.15) is 8.78 Å². The molecule has 0 aliphatic carbocycles. The molecular weight excluding hydrogens is 345 g/mol. The second-order valence-electron chi connectivity index (χ2n) is 5.40. The number of benzene rings is 1. The molecule has 0 bridgehead atoms. The lowest BCUT2D eigenvalue weighted by molar-refractivity contribution is -0.111. The highest BCUT2D eigenvalue weighted by Gasteiger charge is 2.50. The molecule has 1 rings (SSSR count). The number of hydrogen-bond donors (Lipinski definition) is 0. The fraction of sp³-hybridized carbons (Fsp3) is 0.533. The number of alkyl halides is 2. The number of hydrogen-bond acceptors (Lipinski definition) is 5. The molecule has 0 aromatic heterocycles. The third-order valence-corrected chi connectivity index (χ3v) is 5.43. The van der Waals surface area contributed by atoms with E-state index < -0.39 is 13.3 Å². The summed E-state index contributed by atoms with van der Waals surface area (Å²) in [5.74, 6) is 0.411. The Labute approximate surface area is 139 Å². The van der Waals surface area contributed by atoms with Crippen molar-refractivity contribution in [3.8, 4) is 5.75 Å². The third kappa shape index (κ3) is 7.02. The Morgan fingerprint density at radius 1 is 1.30 bits per heavy atom. The van der Waals surface area contributed by atoms with E-state index in [0.29, 0.717) is 13.3 Å². The van der Waals surface area contributed by atoms with Crippen molar-refractivity contribution in [1.82, 2.24) is 0 Å². The van der Waals surface area contributed by atoms with Crippen LogP contribution in [0.3, 0.4) is 0 Å². The predicted molar refractivity (Wildman–Crippen MR) is 88.2 cm³/mol. The zero-order chi connectivity index (χ0) is 17.5. The standard InChI is InChI=1S/C15H21F2O4PS/c1-12(2)11-14(18)23-10-9-20-22(19,15(3,16)17)21-13-7-5-4-6-8-13/h4-8,12H,9-11H2,1-3H3. The van der Waals surface area contributed by atoms with Crippen LogP contribution < -0.4 is 4.52 Å². The van der Waals surface area contributed by atoms with Gasteiger partial charge >= 0.3 is 13.3 Å². The summed E-state index contributed by atoms with van der Waals surface area (Å²) in [6, 6.07) is 7.67. The minimum absolute atomic E-state index is 0.0425. The maximum atomic E-state index is 13.6. The van der Waals surface area contributed by atoms with Gasteiger partial charge in [-0.25, -0.2) is 4.57 Å². The highest BCUT2D eigenvalue weighted by molar-refractivity contribution is 8.13. The van der Waals surface area contributed by atoms with Crippen LogP contribution in [0.15, 0.2) is 30.3 Å².